The summed E-state index contributed by atoms with van der Waals surface area (Å²) in [5, 5.41) is 11.8. The van der Waals surface area contributed by atoms with E-state index in [1.807, 2.05) is 6.26 Å². The molecule has 0 aliphatic heterocycles. The molecule has 0 saturated carbocycles. The molecule has 1 aromatic rings. The van der Waals surface area contributed by atoms with E-state index in [2.05, 4.69) is 5.32 Å². The summed E-state index contributed by atoms with van der Waals surface area (Å²) in [5.41, 5.74) is 0.319. The normalized spacial score (nSPS) is 11.6. The number of nitrogens with zero attached hydrogens (tertiary/aromatic N) is 1. The second kappa shape index (κ2) is 11.0. The highest BCUT2D eigenvalue weighted by atomic mass is 35.5. The van der Waals surface area contributed by atoms with Crippen LogP contribution < -0.4 is 5.32 Å². The predicted molar refractivity (Wildman–Crippen MR) is 100 cm³/mol. The van der Waals surface area contributed by atoms with E-state index < -0.39 is 17.9 Å². The number of thioether (sulfide) groups is 1. The molecule has 138 valence electrons. The van der Waals surface area contributed by atoms with E-state index in [1.54, 1.807) is 43.1 Å². The number of carbonyl (C=O) groups is 3. The highest BCUT2D eigenvalue weighted by Gasteiger charge is 2.24. The minimum Gasteiger partial charge on any atom is -0.481 e. The summed E-state index contributed by atoms with van der Waals surface area (Å²) in [5.74, 6) is -0.821. The number of halogens is 1. The van der Waals surface area contributed by atoms with Crippen LogP contribution in [0.15, 0.2) is 24.3 Å². The van der Waals surface area contributed by atoms with Crippen molar-refractivity contribution in [3.05, 3.63) is 34.9 Å². The lowest BCUT2D eigenvalue weighted by molar-refractivity contribution is -0.138. The van der Waals surface area contributed by atoms with E-state index in [4.69, 9.17) is 16.7 Å². The maximum Gasteiger partial charge on any atom is 0.303 e. The van der Waals surface area contributed by atoms with Gasteiger partial charge in [-0.25, -0.2) is 0 Å². The van der Waals surface area contributed by atoms with Crippen LogP contribution >= 0.6 is 23.4 Å². The topological polar surface area (TPSA) is 86.7 Å². The van der Waals surface area contributed by atoms with E-state index in [9.17, 15) is 14.4 Å². The maximum absolute atomic E-state index is 12.6. The lowest BCUT2D eigenvalue weighted by Gasteiger charge is -2.24. The Morgan fingerprint density at radius 2 is 2.00 bits per heavy atom. The first-order valence-corrected chi connectivity index (χ1v) is 9.65. The Balaban J connectivity index is 2.75. The van der Waals surface area contributed by atoms with Crippen LogP contribution in [0.2, 0.25) is 5.02 Å². The second-order valence-corrected chi connectivity index (χ2v) is 6.94. The number of aliphatic carboxylic acids is 1. The SMILES string of the molecule is CSCCC(NC(=O)c1ccccc1Cl)C(=O)N(C)CCCC(=O)O. The molecule has 8 heteroatoms. The summed E-state index contributed by atoms with van der Waals surface area (Å²) in [6, 6.07) is 5.98. The quantitative estimate of drug-likeness (QED) is 0.645. The summed E-state index contributed by atoms with van der Waals surface area (Å²) in [7, 11) is 1.61. The molecule has 0 aliphatic carbocycles. The van der Waals surface area contributed by atoms with Gasteiger partial charge in [0.25, 0.3) is 5.91 Å². The Labute approximate surface area is 156 Å². The van der Waals surface area contributed by atoms with Crippen molar-refractivity contribution < 1.29 is 19.5 Å². The predicted octanol–water partition coefficient (Wildman–Crippen LogP) is 2.51. The Hall–Kier alpha value is -1.73. The zero-order valence-electron chi connectivity index (χ0n) is 14.3. The van der Waals surface area contributed by atoms with E-state index in [0.717, 1.165) is 0 Å². The average molecular weight is 387 g/mol. The molecule has 0 spiro atoms. The van der Waals surface area contributed by atoms with Gasteiger partial charge in [0, 0.05) is 20.0 Å². The van der Waals surface area contributed by atoms with Crippen molar-refractivity contribution in [3.63, 3.8) is 0 Å². The van der Waals surface area contributed by atoms with Crippen LogP contribution in [0.3, 0.4) is 0 Å². The smallest absolute Gasteiger partial charge is 0.303 e. The van der Waals surface area contributed by atoms with Gasteiger partial charge in [0.2, 0.25) is 5.91 Å². The number of carboxylic acids is 1. The highest BCUT2D eigenvalue weighted by Crippen LogP contribution is 2.15. The standard InChI is InChI=1S/C17H23ClN2O4S/c1-20(10-5-8-15(21)22)17(24)14(9-11-25-2)19-16(23)12-6-3-4-7-13(12)18/h3-4,6-7,14H,5,8-11H2,1-2H3,(H,19,23)(H,21,22). The van der Waals surface area contributed by atoms with Crippen molar-refractivity contribution in [1.82, 2.24) is 10.2 Å². The first-order valence-electron chi connectivity index (χ1n) is 7.88. The molecule has 0 radical (unpaired) electrons. The molecule has 6 nitrogen and oxygen atoms in total. The molecule has 0 bridgehead atoms. The molecular formula is C17H23ClN2O4S. The Bertz CT molecular complexity index is 612. The molecule has 1 rings (SSSR count). The molecule has 25 heavy (non-hydrogen) atoms. The monoisotopic (exact) mass is 386 g/mol. The van der Waals surface area contributed by atoms with Crippen molar-refractivity contribution in [1.29, 1.82) is 0 Å². The van der Waals surface area contributed by atoms with Crippen molar-refractivity contribution in [2.24, 2.45) is 0 Å². The first kappa shape index (κ1) is 21.3. The van der Waals surface area contributed by atoms with Gasteiger partial charge in [-0.3, -0.25) is 14.4 Å². The minimum absolute atomic E-state index is 0.000912. The van der Waals surface area contributed by atoms with E-state index >= 15 is 0 Å². The zero-order chi connectivity index (χ0) is 18.8. The fraction of sp³-hybridized carbons (Fsp3) is 0.471. The van der Waals surface area contributed by atoms with Gasteiger partial charge in [0.15, 0.2) is 0 Å². The average Bonchev–Trinajstić information content (AvgIpc) is 2.57. The largest absolute Gasteiger partial charge is 0.481 e. The second-order valence-electron chi connectivity index (χ2n) is 5.54. The third-order valence-electron chi connectivity index (χ3n) is 3.59. The maximum atomic E-state index is 12.6. The molecular weight excluding hydrogens is 364 g/mol. The number of carboxylic acid groups (broad SMARTS) is 1. The van der Waals surface area contributed by atoms with Crippen molar-refractivity contribution in [3.8, 4) is 0 Å². The number of nitrogens with one attached hydrogen (secondary N) is 1. The fourth-order valence-corrected chi connectivity index (χ4v) is 2.91. The Morgan fingerprint density at radius 1 is 1.32 bits per heavy atom. The van der Waals surface area contributed by atoms with Crippen LogP contribution in [-0.4, -0.2) is 59.4 Å². The molecule has 0 fully saturated rings. The van der Waals surface area contributed by atoms with Gasteiger partial charge in [-0.1, -0.05) is 23.7 Å². The number of hydrogen-bond acceptors (Lipinski definition) is 4. The lowest BCUT2D eigenvalue weighted by Crippen LogP contribution is -2.48. The van der Waals surface area contributed by atoms with Gasteiger partial charge in [0.05, 0.1) is 10.6 Å². The molecule has 0 saturated heterocycles. The van der Waals surface area contributed by atoms with Gasteiger partial charge in [0.1, 0.15) is 6.04 Å². The minimum atomic E-state index is -0.896. The summed E-state index contributed by atoms with van der Waals surface area (Å²) in [6.07, 6.45) is 2.78. The number of hydrogen-bond donors (Lipinski definition) is 2. The molecule has 1 aromatic carbocycles. The van der Waals surface area contributed by atoms with Crippen LogP contribution in [0, 0.1) is 0 Å². The van der Waals surface area contributed by atoms with Crippen molar-refractivity contribution in [2.75, 3.05) is 25.6 Å². The molecule has 1 unspecified atom stereocenters. The summed E-state index contributed by atoms with van der Waals surface area (Å²) in [6.45, 7) is 0.322. The number of amides is 2. The number of likely N-dealkylation sites (N-methyl/N-ethyl adjacent to an activating group) is 1. The zero-order valence-corrected chi connectivity index (χ0v) is 15.9. The Morgan fingerprint density at radius 3 is 2.60 bits per heavy atom. The van der Waals surface area contributed by atoms with Gasteiger partial charge < -0.3 is 15.3 Å². The summed E-state index contributed by atoms with van der Waals surface area (Å²) >= 11 is 7.61. The van der Waals surface area contributed by atoms with Gasteiger partial charge >= 0.3 is 5.97 Å². The van der Waals surface area contributed by atoms with Gasteiger partial charge in [-0.15, -0.1) is 0 Å². The van der Waals surface area contributed by atoms with Gasteiger partial charge in [-0.2, -0.15) is 11.8 Å². The van der Waals surface area contributed by atoms with Crippen LogP contribution in [-0.2, 0) is 9.59 Å². The van der Waals surface area contributed by atoms with E-state index in [-0.39, 0.29) is 12.3 Å². The fourth-order valence-electron chi connectivity index (χ4n) is 2.22. The van der Waals surface area contributed by atoms with E-state index in [0.29, 0.717) is 35.7 Å². The first-order chi connectivity index (χ1) is 11.9. The number of carbonyl (C=O) groups excluding carboxylic acids is 2. The third-order valence-corrected chi connectivity index (χ3v) is 4.57. The summed E-state index contributed by atoms with van der Waals surface area (Å²) < 4.78 is 0. The highest BCUT2D eigenvalue weighted by molar-refractivity contribution is 7.98. The molecule has 2 amide bonds. The van der Waals surface area contributed by atoms with Gasteiger partial charge in [-0.05, 0) is 37.0 Å². The molecule has 0 aliphatic rings. The Kier molecular flexibility index (Phi) is 9.37. The van der Waals surface area contributed by atoms with Crippen LogP contribution in [0.5, 0.6) is 0 Å². The third kappa shape index (κ3) is 7.36. The van der Waals surface area contributed by atoms with Crippen LogP contribution in [0.4, 0.5) is 0 Å². The molecule has 2 N–H and O–H groups in total. The molecule has 0 heterocycles. The number of benzene rings is 1. The van der Waals surface area contributed by atoms with Crippen LogP contribution in [0.1, 0.15) is 29.6 Å². The van der Waals surface area contributed by atoms with E-state index in [1.165, 1.54) is 4.90 Å². The number of rotatable bonds is 10. The lowest BCUT2D eigenvalue weighted by atomic mass is 10.1. The van der Waals surface area contributed by atoms with Crippen molar-refractivity contribution >= 4 is 41.1 Å². The summed E-state index contributed by atoms with van der Waals surface area (Å²) in [4.78, 5) is 37.1. The van der Waals surface area contributed by atoms with Crippen molar-refractivity contribution in [2.45, 2.75) is 25.3 Å². The van der Waals surface area contributed by atoms with Crippen LogP contribution in [0.25, 0.3) is 0 Å². The molecule has 1 atom stereocenters. The molecule has 0 aromatic heterocycles.